The van der Waals surface area contributed by atoms with Crippen molar-refractivity contribution in [1.82, 2.24) is 9.55 Å². The van der Waals surface area contributed by atoms with Gasteiger partial charge in [0.1, 0.15) is 4.83 Å². The fraction of sp³-hybridized carbons (Fsp3) is 0.611. The van der Waals surface area contributed by atoms with Crippen LogP contribution in [0.1, 0.15) is 55.9 Å². The quantitative estimate of drug-likeness (QED) is 0.394. The molecule has 4 nitrogen and oxygen atoms in total. The van der Waals surface area contributed by atoms with Crippen molar-refractivity contribution in [3.05, 3.63) is 20.8 Å². The summed E-state index contributed by atoms with van der Waals surface area (Å²) >= 11 is 3.33. The number of fused-ring (bicyclic) bond motifs is 3. The van der Waals surface area contributed by atoms with Crippen LogP contribution in [0.5, 0.6) is 0 Å². The van der Waals surface area contributed by atoms with E-state index in [1.54, 1.807) is 23.1 Å². The number of aryl methyl sites for hydroxylation is 2. The lowest BCUT2D eigenvalue weighted by atomic mass is 10.2. The highest BCUT2D eigenvalue weighted by atomic mass is 32.2. The molecule has 0 saturated carbocycles. The van der Waals surface area contributed by atoms with Crippen LogP contribution in [0.4, 0.5) is 0 Å². The Kier molecular flexibility index (Phi) is 5.96. The molecular weight excluding hydrogens is 338 g/mol. The van der Waals surface area contributed by atoms with Crippen LogP contribution in [0, 0.1) is 11.3 Å². The second kappa shape index (κ2) is 8.17. The number of rotatable bonds is 8. The normalized spacial score (nSPS) is 13.3. The van der Waals surface area contributed by atoms with Gasteiger partial charge < -0.3 is 0 Å². The molecule has 0 unspecified atom stereocenters. The van der Waals surface area contributed by atoms with Crippen LogP contribution < -0.4 is 5.56 Å². The average molecular weight is 362 g/mol. The molecule has 1 aliphatic rings. The summed E-state index contributed by atoms with van der Waals surface area (Å²) in [6.07, 6.45) is 7.96. The van der Waals surface area contributed by atoms with E-state index < -0.39 is 0 Å². The molecule has 0 fully saturated rings. The monoisotopic (exact) mass is 361 g/mol. The molecule has 2 aromatic heterocycles. The Morgan fingerprint density at radius 1 is 1.33 bits per heavy atom. The zero-order chi connectivity index (χ0) is 16.9. The van der Waals surface area contributed by atoms with Gasteiger partial charge >= 0.3 is 0 Å². The number of nitrogens with zero attached hydrogens (tertiary/aromatic N) is 3. The van der Waals surface area contributed by atoms with Crippen molar-refractivity contribution in [3.63, 3.8) is 0 Å². The van der Waals surface area contributed by atoms with Crippen LogP contribution in [0.15, 0.2) is 9.95 Å². The maximum absolute atomic E-state index is 13.1. The lowest BCUT2D eigenvalue weighted by Crippen LogP contribution is -2.23. The Morgan fingerprint density at radius 2 is 2.21 bits per heavy atom. The van der Waals surface area contributed by atoms with Crippen LogP contribution in [-0.2, 0) is 19.4 Å². The number of hydrogen-bond donors (Lipinski definition) is 0. The number of thiophene rings is 1. The molecule has 24 heavy (non-hydrogen) atoms. The first kappa shape index (κ1) is 17.5. The highest BCUT2D eigenvalue weighted by Gasteiger charge is 2.23. The molecule has 0 aromatic carbocycles. The first-order chi connectivity index (χ1) is 11.8. The maximum atomic E-state index is 13.1. The standard InChI is InChI=1S/C18H23N3OS2/c1-2-3-5-11-21-17(22)15-13-8-7-9-14(13)24-16(15)20-18(21)23-12-6-4-10-19/h2-9,11-12H2,1H3. The summed E-state index contributed by atoms with van der Waals surface area (Å²) in [7, 11) is 0. The molecule has 0 radical (unpaired) electrons. The maximum Gasteiger partial charge on any atom is 0.263 e. The van der Waals surface area contributed by atoms with E-state index in [0.717, 1.165) is 72.6 Å². The van der Waals surface area contributed by atoms with E-state index in [-0.39, 0.29) is 5.56 Å². The number of unbranched alkanes of at least 4 members (excludes halogenated alkanes) is 3. The third-order valence-corrected chi connectivity index (χ3v) is 6.69. The zero-order valence-corrected chi connectivity index (χ0v) is 15.8. The predicted octanol–water partition coefficient (Wildman–Crippen LogP) is 4.53. The molecule has 0 N–H and O–H groups in total. The summed E-state index contributed by atoms with van der Waals surface area (Å²) in [5, 5.41) is 10.4. The van der Waals surface area contributed by atoms with E-state index in [2.05, 4.69) is 13.0 Å². The highest BCUT2D eigenvalue weighted by Crippen LogP contribution is 2.35. The van der Waals surface area contributed by atoms with Crippen LogP contribution in [0.3, 0.4) is 0 Å². The SMILES string of the molecule is CCCCCn1c(SCCCC#N)nc2sc3c(c2c1=O)CCC3. The topological polar surface area (TPSA) is 58.7 Å². The molecule has 1 aliphatic carbocycles. The van der Waals surface area contributed by atoms with Gasteiger partial charge in [0.05, 0.1) is 11.5 Å². The molecular formula is C18H23N3OS2. The highest BCUT2D eigenvalue weighted by molar-refractivity contribution is 7.99. The van der Waals surface area contributed by atoms with Gasteiger partial charge in [-0.25, -0.2) is 4.98 Å². The number of aromatic nitrogens is 2. The molecule has 0 saturated heterocycles. The zero-order valence-electron chi connectivity index (χ0n) is 14.1. The minimum Gasteiger partial charge on any atom is -0.287 e. The molecule has 2 aromatic rings. The molecule has 0 spiro atoms. The van der Waals surface area contributed by atoms with Crippen LogP contribution >= 0.6 is 23.1 Å². The van der Waals surface area contributed by atoms with Gasteiger partial charge in [-0.1, -0.05) is 31.5 Å². The number of nitriles is 1. The fourth-order valence-corrected chi connectivity index (χ4v) is 5.47. The second-order valence-electron chi connectivity index (χ2n) is 6.21. The van der Waals surface area contributed by atoms with Crippen molar-refractivity contribution in [3.8, 4) is 6.07 Å². The third kappa shape index (κ3) is 3.52. The third-order valence-electron chi connectivity index (χ3n) is 4.44. The minimum absolute atomic E-state index is 0.151. The van der Waals surface area contributed by atoms with E-state index in [1.807, 2.05) is 4.57 Å². The van der Waals surface area contributed by atoms with Gasteiger partial charge in [-0.05, 0) is 37.7 Å². The Labute approximate surface area is 150 Å². The van der Waals surface area contributed by atoms with E-state index in [4.69, 9.17) is 10.2 Å². The van der Waals surface area contributed by atoms with Crippen molar-refractivity contribution in [2.45, 2.75) is 70.0 Å². The fourth-order valence-electron chi connectivity index (χ4n) is 3.20. The van der Waals surface area contributed by atoms with Crippen molar-refractivity contribution in [2.24, 2.45) is 0 Å². The van der Waals surface area contributed by atoms with E-state index in [1.165, 1.54) is 10.4 Å². The second-order valence-corrected chi connectivity index (χ2v) is 8.35. The molecule has 6 heteroatoms. The van der Waals surface area contributed by atoms with Crippen LogP contribution in [0.25, 0.3) is 10.2 Å². The summed E-state index contributed by atoms with van der Waals surface area (Å²) < 4.78 is 1.89. The summed E-state index contributed by atoms with van der Waals surface area (Å²) in [6, 6.07) is 2.18. The minimum atomic E-state index is 0.151. The summed E-state index contributed by atoms with van der Waals surface area (Å²) in [5.74, 6) is 0.838. The Morgan fingerprint density at radius 3 is 3.00 bits per heavy atom. The molecule has 0 aliphatic heterocycles. The van der Waals surface area contributed by atoms with Crippen molar-refractivity contribution >= 4 is 33.3 Å². The molecule has 2 heterocycles. The smallest absolute Gasteiger partial charge is 0.263 e. The average Bonchev–Trinajstić information content (AvgIpc) is 3.14. The molecule has 0 bridgehead atoms. The van der Waals surface area contributed by atoms with E-state index >= 15 is 0 Å². The van der Waals surface area contributed by atoms with Crippen molar-refractivity contribution in [2.75, 3.05) is 5.75 Å². The predicted molar refractivity (Wildman–Crippen MR) is 101 cm³/mol. The molecule has 3 rings (SSSR count). The van der Waals surface area contributed by atoms with Gasteiger partial charge in [0.25, 0.3) is 5.56 Å². The van der Waals surface area contributed by atoms with Gasteiger partial charge in [0.2, 0.25) is 0 Å². The molecule has 128 valence electrons. The Balaban J connectivity index is 1.96. The number of hydrogen-bond acceptors (Lipinski definition) is 5. The lowest BCUT2D eigenvalue weighted by molar-refractivity contribution is 0.542. The van der Waals surface area contributed by atoms with Gasteiger partial charge in [-0.3, -0.25) is 9.36 Å². The number of thioether (sulfide) groups is 1. The van der Waals surface area contributed by atoms with Crippen LogP contribution in [-0.4, -0.2) is 15.3 Å². The van der Waals surface area contributed by atoms with Gasteiger partial charge in [0, 0.05) is 23.6 Å². The summed E-state index contributed by atoms with van der Waals surface area (Å²) in [6.45, 7) is 2.92. The molecule has 0 amide bonds. The Hall–Kier alpha value is -1.32. The van der Waals surface area contributed by atoms with Crippen LogP contribution in [0.2, 0.25) is 0 Å². The summed E-state index contributed by atoms with van der Waals surface area (Å²) in [5.41, 5.74) is 1.41. The summed E-state index contributed by atoms with van der Waals surface area (Å²) in [4.78, 5) is 20.2. The van der Waals surface area contributed by atoms with Gasteiger partial charge in [-0.15, -0.1) is 11.3 Å². The van der Waals surface area contributed by atoms with E-state index in [0.29, 0.717) is 6.42 Å². The first-order valence-electron chi connectivity index (χ1n) is 8.81. The lowest BCUT2D eigenvalue weighted by Gasteiger charge is -2.12. The Bertz CT molecular complexity index is 816. The van der Waals surface area contributed by atoms with Gasteiger partial charge in [-0.2, -0.15) is 5.26 Å². The first-order valence-corrected chi connectivity index (χ1v) is 10.6. The molecule has 0 atom stereocenters. The van der Waals surface area contributed by atoms with Gasteiger partial charge in [0.15, 0.2) is 5.16 Å². The largest absolute Gasteiger partial charge is 0.287 e. The van der Waals surface area contributed by atoms with Crippen molar-refractivity contribution in [1.29, 1.82) is 5.26 Å². The van der Waals surface area contributed by atoms with Crippen molar-refractivity contribution < 1.29 is 0 Å². The van der Waals surface area contributed by atoms with E-state index in [9.17, 15) is 4.79 Å².